The van der Waals surface area contributed by atoms with E-state index in [9.17, 15) is 9.59 Å². The van der Waals surface area contributed by atoms with Crippen molar-refractivity contribution in [1.29, 1.82) is 0 Å². The summed E-state index contributed by atoms with van der Waals surface area (Å²) in [5.41, 5.74) is 1.88. The van der Waals surface area contributed by atoms with E-state index in [0.717, 1.165) is 50.1 Å². The number of nitrogens with zero attached hydrogens (tertiary/aromatic N) is 2. The van der Waals surface area contributed by atoms with Crippen LogP contribution < -0.4 is 10.2 Å². The summed E-state index contributed by atoms with van der Waals surface area (Å²) < 4.78 is 0. The molecule has 0 aromatic heterocycles. The second-order valence-corrected chi connectivity index (χ2v) is 6.42. The first-order chi connectivity index (χ1) is 11.5. The number of amides is 2. The Kier molecular flexibility index (Phi) is 6.64. The molecule has 1 saturated heterocycles. The number of carbonyl (C=O) groups is 2. The molecule has 0 aliphatic carbocycles. The molecule has 0 unspecified atom stereocenters. The molecule has 1 heterocycles. The Hall–Kier alpha value is -2.04. The van der Waals surface area contributed by atoms with E-state index in [0.29, 0.717) is 6.54 Å². The number of nitrogens with one attached hydrogen (secondary N) is 1. The Labute approximate surface area is 145 Å². The lowest BCUT2D eigenvalue weighted by Gasteiger charge is -2.33. The van der Waals surface area contributed by atoms with Crippen LogP contribution in [-0.4, -0.2) is 48.9 Å². The summed E-state index contributed by atoms with van der Waals surface area (Å²) in [6.07, 6.45) is 2.96. The van der Waals surface area contributed by atoms with Crippen LogP contribution in [0.4, 0.5) is 5.69 Å². The van der Waals surface area contributed by atoms with Gasteiger partial charge in [0, 0.05) is 50.4 Å². The van der Waals surface area contributed by atoms with Crippen molar-refractivity contribution in [2.75, 3.05) is 31.1 Å². The third-order valence-corrected chi connectivity index (χ3v) is 4.47. The molecule has 0 spiro atoms. The zero-order chi connectivity index (χ0) is 17.5. The summed E-state index contributed by atoms with van der Waals surface area (Å²) in [4.78, 5) is 28.1. The van der Waals surface area contributed by atoms with Crippen LogP contribution in [0, 0.1) is 0 Å². The van der Waals surface area contributed by atoms with Crippen LogP contribution in [0.1, 0.15) is 50.4 Å². The van der Waals surface area contributed by atoms with E-state index in [1.807, 2.05) is 29.2 Å². The largest absolute Gasteiger partial charge is 0.372 e. The first kappa shape index (κ1) is 18.3. The van der Waals surface area contributed by atoms with Gasteiger partial charge in [-0.05, 0) is 50.5 Å². The molecule has 0 bridgehead atoms. The van der Waals surface area contributed by atoms with Gasteiger partial charge in [0.15, 0.2) is 0 Å². The standard InChI is InChI=1S/C19H29N3O2/c1-4-12-21(5-2)18-10-8-16(9-11-18)19(24)22-13-6-7-17(14-22)20-15(3)23/h8-11,17H,4-7,12-14H2,1-3H3,(H,20,23)/t17-/m0/s1. The lowest BCUT2D eigenvalue weighted by Crippen LogP contribution is -2.49. The van der Waals surface area contributed by atoms with Crippen molar-refractivity contribution in [3.63, 3.8) is 0 Å². The van der Waals surface area contributed by atoms with Crippen LogP contribution in [0.15, 0.2) is 24.3 Å². The summed E-state index contributed by atoms with van der Waals surface area (Å²) in [7, 11) is 0. The zero-order valence-electron chi connectivity index (χ0n) is 15.0. The van der Waals surface area contributed by atoms with Crippen LogP contribution >= 0.6 is 0 Å². The quantitative estimate of drug-likeness (QED) is 0.872. The fourth-order valence-corrected chi connectivity index (χ4v) is 3.30. The van der Waals surface area contributed by atoms with Crippen LogP contribution in [0.3, 0.4) is 0 Å². The zero-order valence-corrected chi connectivity index (χ0v) is 15.0. The van der Waals surface area contributed by atoms with Gasteiger partial charge in [-0.25, -0.2) is 0 Å². The molecule has 0 saturated carbocycles. The number of anilines is 1. The molecule has 1 atom stereocenters. The topological polar surface area (TPSA) is 52.7 Å². The highest BCUT2D eigenvalue weighted by Gasteiger charge is 2.24. The van der Waals surface area contributed by atoms with Crippen LogP contribution in [-0.2, 0) is 4.79 Å². The Balaban J connectivity index is 2.02. The third-order valence-electron chi connectivity index (χ3n) is 4.47. The van der Waals surface area contributed by atoms with Crippen molar-refractivity contribution in [1.82, 2.24) is 10.2 Å². The lowest BCUT2D eigenvalue weighted by molar-refractivity contribution is -0.120. The summed E-state index contributed by atoms with van der Waals surface area (Å²) >= 11 is 0. The molecular weight excluding hydrogens is 302 g/mol. The maximum atomic E-state index is 12.7. The Morgan fingerprint density at radius 3 is 2.54 bits per heavy atom. The Morgan fingerprint density at radius 1 is 1.25 bits per heavy atom. The van der Waals surface area contributed by atoms with Crippen LogP contribution in [0.25, 0.3) is 0 Å². The van der Waals surface area contributed by atoms with E-state index >= 15 is 0 Å². The van der Waals surface area contributed by atoms with Crippen LogP contribution in [0.2, 0.25) is 0 Å². The normalized spacial score (nSPS) is 17.5. The van der Waals surface area contributed by atoms with Crippen molar-refractivity contribution in [3.8, 4) is 0 Å². The van der Waals surface area contributed by atoms with Gasteiger partial charge in [-0.3, -0.25) is 9.59 Å². The first-order valence-electron chi connectivity index (χ1n) is 8.96. The molecule has 1 N–H and O–H groups in total. The number of hydrogen-bond acceptors (Lipinski definition) is 3. The Morgan fingerprint density at radius 2 is 1.96 bits per heavy atom. The highest BCUT2D eigenvalue weighted by atomic mass is 16.2. The van der Waals surface area contributed by atoms with E-state index in [1.54, 1.807) is 0 Å². The molecule has 24 heavy (non-hydrogen) atoms. The van der Waals surface area contributed by atoms with E-state index in [-0.39, 0.29) is 17.9 Å². The van der Waals surface area contributed by atoms with Crippen molar-refractivity contribution < 1.29 is 9.59 Å². The molecule has 1 aliphatic heterocycles. The predicted octanol–water partition coefficient (Wildman–Crippen LogP) is 2.66. The number of hydrogen-bond donors (Lipinski definition) is 1. The molecular formula is C19H29N3O2. The number of piperidine rings is 1. The molecule has 2 amide bonds. The minimum atomic E-state index is -0.0331. The molecule has 1 aliphatic rings. The molecule has 1 aromatic rings. The summed E-state index contributed by atoms with van der Waals surface area (Å²) in [5.74, 6) is 0.0179. The van der Waals surface area contributed by atoms with Gasteiger partial charge in [0.1, 0.15) is 0 Å². The summed E-state index contributed by atoms with van der Waals surface area (Å²) in [5, 5.41) is 2.92. The SMILES string of the molecule is CCCN(CC)c1ccc(C(=O)N2CCC[C@H](NC(C)=O)C2)cc1. The number of rotatable bonds is 6. The third kappa shape index (κ3) is 4.73. The molecule has 5 nitrogen and oxygen atoms in total. The average Bonchev–Trinajstić information content (AvgIpc) is 2.59. The van der Waals surface area contributed by atoms with Gasteiger partial charge in [-0.2, -0.15) is 0 Å². The van der Waals surface area contributed by atoms with Gasteiger partial charge in [0.2, 0.25) is 5.91 Å². The van der Waals surface area contributed by atoms with Crippen molar-refractivity contribution in [3.05, 3.63) is 29.8 Å². The molecule has 1 aromatic carbocycles. The van der Waals surface area contributed by atoms with Crippen LogP contribution in [0.5, 0.6) is 0 Å². The maximum Gasteiger partial charge on any atom is 0.253 e. The van der Waals surface area contributed by atoms with E-state index < -0.39 is 0 Å². The second kappa shape index (κ2) is 8.71. The monoisotopic (exact) mass is 331 g/mol. The fraction of sp³-hybridized carbons (Fsp3) is 0.579. The van der Waals surface area contributed by atoms with Crippen molar-refractivity contribution in [2.24, 2.45) is 0 Å². The number of benzene rings is 1. The molecule has 2 rings (SSSR count). The summed E-state index contributed by atoms with van der Waals surface area (Å²) in [6, 6.07) is 7.96. The molecule has 5 heteroatoms. The van der Waals surface area contributed by atoms with Gasteiger partial charge in [-0.15, -0.1) is 0 Å². The Bertz CT molecular complexity index is 556. The van der Waals surface area contributed by atoms with E-state index in [4.69, 9.17) is 0 Å². The average molecular weight is 331 g/mol. The van der Waals surface area contributed by atoms with Gasteiger partial charge in [0.25, 0.3) is 5.91 Å². The second-order valence-electron chi connectivity index (χ2n) is 6.42. The molecule has 132 valence electrons. The minimum absolute atomic E-state index is 0.0331. The minimum Gasteiger partial charge on any atom is -0.372 e. The first-order valence-corrected chi connectivity index (χ1v) is 8.96. The smallest absolute Gasteiger partial charge is 0.253 e. The van der Waals surface area contributed by atoms with Crippen molar-refractivity contribution in [2.45, 2.75) is 46.1 Å². The number of likely N-dealkylation sites (tertiary alicyclic amines) is 1. The highest BCUT2D eigenvalue weighted by molar-refractivity contribution is 5.94. The van der Waals surface area contributed by atoms with E-state index in [1.165, 1.54) is 6.92 Å². The number of carbonyl (C=O) groups excluding carboxylic acids is 2. The van der Waals surface area contributed by atoms with E-state index in [2.05, 4.69) is 24.1 Å². The predicted molar refractivity (Wildman–Crippen MR) is 97.4 cm³/mol. The highest BCUT2D eigenvalue weighted by Crippen LogP contribution is 2.18. The molecule has 1 fully saturated rings. The summed E-state index contributed by atoms with van der Waals surface area (Å²) in [6.45, 7) is 9.17. The van der Waals surface area contributed by atoms with Gasteiger partial charge < -0.3 is 15.1 Å². The fourth-order valence-electron chi connectivity index (χ4n) is 3.30. The maximum absolute atomic E-state index is 12.7. The van der Waals surface area contributed by atoms with Gasteiger partial charge >= 0.3 is 0 Å². The van der Waals surface area contributed by atoms with Gasteiger partial charge in [-0.1, -0.05) is 6.92 Å². The lowest BCUT2D eigenvalue weighted by atomic mass is 10.0. The van der Waals surface area contributed by atoms with Gasteiger partial charge in [0.05, 0.1) is 0 Å². The molecule has 0 radical (unpaired) electrons. The van der Waals surface area contributed by atoms with Crippen molar-refractivity contribution >= 4 is 17.5 Å².